The SMILES string of the molecule is O=C(OCc1cc([N+](=O)[O-])cc2c1OCOC2)C1COc2ccccc2O1. The minimum Gasteiger partial charge on any atom is -0.485 e. The summed E-state index contributed by atoms with van der Waals surface area (Å²) >= 11 is 0. The van der Waals surface area contributed by atoms with Crippen LogP contribution in [0, 0.1) is 10.1 Å². The quantitative estimate of drug-likeness (QED) is 0.457. The number of rotatable bonds is 4. The van der Waals surface area contributed by atoms with Crippen molar-refractivity contribution in [2.45, 2.75) is 19.3 Å². The summed E-state index contributed by atoms with van der Waals surface area (Å²) in [5.41, 5.74) is 0.806. The summed E-state index contributed by atoms with van der Waals surface area (Å²) in [5.74, 6) is 0.823. The summed E-state index contributed by atoms with van der Waals surface area (Å²) in [4.78, 5) is 22.9. The van der Waals surface area contributed by atoms with Crippen molar-refractivity contribution >= 4 is 11.7 Å². The minimum absolute atomic E-state index is 0.0211. The standard InChI is InChI=1S/C18H15NO8/c20-18(16-9-24-14-3-1-2-4-15(14)27-16)25-8-12-6-13(19(21)22)5-11-7-23-10-26-17(11)12/h1-6,16H,7-10H2. The molecule has 1 unspecified atom stereocenters. The Balaban J connectivity index is 1.48. The normalized spacial score (nSPS) is 17.4. The van der Waals surface area contributed by atoms with Gasteiger partial charge in [-0.25, -0.2) is 4.79 Å². The molecule has 2 aromatic carbocycles. The zero-order valence-corrected chi connectivity index (χ0v) is 14.1. The summed E-state index contributed by atoms with van der Waals surface area (Å²) in [5, 5.41) is 11.1. The van der Waals surface area contributed by atoms with Crippen molar-refractivity contribution < 1.29 is 33.4 Å². The minimum atomic E-state index is -0.918. The third-order valence-electron chi connectivity index (χ3n) is 4.12. The molecule has 2 aromatic rings. The van der Waals surface area contributed by atoms with Crippen LogP contribution in [0.2, 0.25) is 0 Å². The largest absolute Gasteiger partial charge is 0.485 e. The van der Waals surface area contributed by atoms with Gasteiger partial charge in [0, 0.05) is 23.3 Å². The zero-order valence-electron chi connectivity index (χ0n) is 14.1. The molecule has 0 aromatic heterocycles. The number of nitro benzene ring substituents is 1. The van der Waals surface area contributed by atoms with Gasteiger partial charge in [-0.1, -0.05) is 12.1 Å². The van der Waals surface area contributed by atoms with E-state index in [1.165, 1.54) is 12.1 Å². The van der Waals surface area contributed by atoms with E-state index in [2.05, 4.69) is 0 Å². The topological polar surface area (TPSA) is 106 Å². The smallest absolute Gasteiger partial charge is 0.351 e. The van der Waals surface area contributed by atoms with E-state index < -0.39 is 17.0 Å². The van der Waals surface area contributed by atoms with Crippen LogP contribution in [0.15, 0.2) is 36.4 Å². The van der Waals surface area contributed by atoms with Crippen molar-refractivity contribution in [1.29, 1.82) is 0 Å². The average molecular weight is 373 g/mol. The van der Waals surface area contributed by atoms with Gasteiger partial charge in [0.05, 0.1) is 11.5 Å². The molecule has 0 saturated carbocycles. The molecule has 2 aliphatic heterocycles. The number of nitro groups is 1. The van der Waals surface area contributed by atoms with E-state index in [-0.39, 0.29) is 32.3 Å². The average Bonchev–Trinajstić information content (AvgIpc) is 2.71. The van der Waals surface area contributed by atoms with Crippen molar-refractivity contribution in [2.24, 2.45) is 0 Å². The molecule has 9 heteroatoms. The molecule has 0 amide bonds. The molecule has 0 spiro atoms. The molecule has 9 nitrogen and oxygen atoms in total. The molecule has 0 saturated heterocycles. The van der Waals surface area contributed by atoms with Gasteiger partial charge in [-0.15, -0.1) is 0 Å². The Morgan fingerprint density at radius 2 is 2.04 bits per heavy atom. The predicted molar refractivity (Wildman–Crippen MR) is 89.5 cm³/mol. The Labute approximate surface area is 153 Å². The van der Waals surface area contributed by atoms with E-state index in [1.54, 1.807) is 24.3 Å². The number of fused-ring (bicyclic) bond motifs is 2. The Morgan fingerprint density at radius 1 is 1.22 bits per heavy atom. The van der Waals surface area contributed by atoms with E-state index in [9.17, 15) is 14.9 Å². The lowest BCUT2D eigenvalue weighted by Crippen LogP contribution is -2.37. The number of benzene rings is 2. The second kappa shape index (κ2) is 7.12. The maximum absolute atomic E-state index is 12.3. The third kappa shape index (κ3) is 3.49. The van der Waals surface area contributed by atoms with Crippen LogP contribution >= 0.6 is 0 Å². The van der Waals surface area contributed by atoms with Gasteiger partial charge >= 0.3 is 5.97 Å². The molecule has 0 bridgehead atoms. The number of non-ortho nitro benzene ring substituents is 1. The molecule has 1 atom stereocenters. The Kier molecular flexibility index (Phi) is 4.51. The summed E-state index contributed by atoms with van der Waals surface area (Å²) in [6.07, 6.45) is -0.918. The van der Waals surface area contributed by atoms with Crippen LogP contribution in [0.3, 0.4) is 0 Å². The van der Waals surface area contributed by atoms with E-state index >= 15 is 0 Å². The van der Waals surface area contributed by atoms with Crippen molar-refractivity contribution in [1.82, 2.24) is 0 Å². The van der Waals surface area contributed by atoms with E-state index in [0.717, 1.165) is 0 Å². The fourth-order valence-corrected chi connectivity index (χ4v) is 2.87. The van der Waals surface area contributed by atoms with E-state index in [1.807, 2.05) is 0 Å². The first-order chi connectivity index (χ1) is 13.1. The van der Waals surface area contributed by atoms with Crippen molar-refractivity contribution in [3.8, 4) is 17.2 Å². The maximum Gasteiger partial charge on any atom is 0.351 e. The summed E-state index contributed by atoms with van der Waals surface area (Å²) in [7, 11) is 0. The molecule has 0 fully saturated rings. The van der Waals surface area contributed by atoms with Gasteiger partial charge < -0.3 is 23.7 Å². The number of hydrogen-bond donors (Lipinski definition) is 0. The first-order valence-electron chi connectivity index (χ1n) is 8.17. The van der Waals surface area contributed by atoms with Crippen LogP contribution in [0.1, 0.15) is 11.1 Å². The number of para-hydroxylation sites is 2. The number of hydrogen-bond acceptors (Lipinski definition) is 8. The lowest BCUT2D eigenvalue weighted by Gasteiger charge is -2.25. The number of carbonyl (C=O) groups excluding carboxylic acids is 1. The number of carbonyl (C=O) groups is 1. The Bertz CT molecular complexity index is 897. The van der Waals surface area contributed by atoms with Crippen molar-refractivity contribution in [3.63, 3.8) is 0 Å². The van der Waals surface area contributed by atoms with Crippen molar-refractivity contribution in [2.75, 3.05) is 13.4 Å². The van der Waals surface area contributed by atoms with Gasteiger partial charge in [-0.3, -0.25) is 10.1 Å². The molecular weight excluding hydrogens is 358 g/mol. The van der Waals surface area contributed by atoms with E-state index in [0.29, 0.717) is 28.4 Å². The van der Waals surface area contributed by atoms with Gasteiger partial charge in [0.15, 0.2) is 18.3 Å². The van der Waals surface area contributed by atoms with E-state index in [4.69, 9.17) is 23.7 Å². The van der Waals surface area contributed by atoms with Gasteiger partial charge in [0.2, 0.25) is 6.10 Å². The van der Waals surface area contributed by atoms with Gasteiger partial charge in [-0.2, -0.15) is 0 Å². The second-order valence-corrected chi connectivity index (χ2v) is 5.93. The predicted octanol–water partition coefficient (Wildman–Crippen LogP) is 2.34. The monoisotopic (exact) mass is 373 g/mol. The Hall–Kier alpha value is -3.33. The van der Waals surface area contributed by atoms with Gasteiger partial charge in [0.25, 0.3) is 5.69 Å². The highest BCUT2D eigenvalue weighted by Gasteiger charge is 2.29. The Morgan fingerprint density at radius 3 is 2.85 bits per heavy atom. The summed E-state index contributed by atoms with van der Waals surface area (Å²) < 4.78 is 27.0. The molecule has 140 valence electrons. The van der Waals surface area contributed by atoms with Crippen LogP contribution in [0.4, 0.5) is 5.69 Å². The van der Waals surface area contributed by atoms with Crippen LogP contribution in [-0.2, 0) is 27.5 Å². The van der Waals surface area contributed by atoms with Gasteiger partial charge in [-0.05, 0) is 12.1 Å². The van der Waals surface area contributed by atoms with Crippen LogP contribution in [-0.4, -0.2) is 30.4 Å². The second-order valence-electron chi connectivity index (χ2n) is 5.93. The first kappa shape index (κ1) is 17.1. The van der Waals surface area contributed by atoms with Crippen LogP contribution in [0.25, 0.3) is 0 Å². The molecule has 2 heterocycles. The molecule has 2 aliphatic rings. The molecular formula is C18H15NO8. The molecule has 0 aliphatic carbocycles. The highest BCUT2D eigenvalue weighted by molar-refractivity contribution is 5.76. The fraction of sp³-hybridized carbons (Fsp3) is 0.278. The first-order valence-corrected chi connectivity index (χ1v) is 8.17. The van der Waals surface area contributed by atoms with Gasteiger partial charge in [0.1, 0.15) is 19.0 Å². The lowest BCUT2D eigenvalue weighted by molar-refractivity contribution is -0.385. The molecule has 4 rings (SSSR count). The zero-order chi connectivity index (χ0) is 18.8. The maximum atomic E-state index is 12.3. The fourth-order valence-electron chi connectivity index (χ4n) is 2.87. The van der Waals surface area contributed by atoms with Crippen LogP contribution < -0.4 is 14.2 Å². The number of nitrogens with zero attached hydrogens (tertiary/aromatic N) is 1. The molecule has 0 N–H and O–H groups in total. The number of ether oxygens (including phenoxy) is 5. The summed E-state index contributed by atoms with van der Waals surface area (Å²) in [6, 6.07) is 9.71. The molecule has 0 radical (unpaired) electrons. The third-order valence-corrected chi connectivity index (χ3v) is 4.12. The van der Waals surface area contributed by atoms with Crippen LogP contribution in [0.5, 0.6) is 17.2 Å². The number of esters is 1. The highest BCUT2D eigenvalue weighted by Crippen LogP contribution is 2.34. The summed E-state index contributed by atoms with van der Waals surface area (Å²) in [6.45, 7) is 0.0496. The van der Waals surface area contributed by atoms with Crippen molar-refractivity contribution in [3.05, 3.63) is 57.6 Å². The molecule has 27 heavy (non-hydrogen) atoms. The highest BCUT2D eigenvalue weighted by atomic mass is 16.7. The lowest BCUT2D eigenvalue weighted by atomic mass is 10.1.